The summed E-state index contributed by atoms with van der Waals surface area (Å²) in [5.74, 6) is 0. The quantitative estimate of drug-likeness (QED) is 0.561. The zero-order chi connectivity index (χ0) is 22.5. The van der Waals surface area contributed by atoms with Crippen molar-refractivity contribution >= 4 is 16.9 Å². The first-order valence-electron chi connectivity index (χ1n) is 11.7. The molecular formula is C27H33N3O2. The largest absolute Gasteiger partial charge is 0.335 e. The van der Waals surface area contributed by atoms with Gasteiger partial charge in [0.15, 0.2) is 0 Å². The molecule has 4 rings (SSSR count). The molecule has 1 heterocycles. The number of hydrogen-bond acceptors (Lipinski definition) is 2. The van der Waals surface area contributed by atoms with Gasteiger partial charge < -0.3 is 15.2 Å². The molecule has 1 aromatic heterocycles. The Balaban J connectivity index is 1.58. The van der Waals surface area contributed by atoms with E-state index in [4.69, 9.17) is 0 Å². The zero-order valence-corrected chi connectivity index (χ0v) is 19.1. The Morgan fingerprint density at radius 3 is 2.50 bits per heavy atom. The van der Waals surface area contributed by atoms with E-state index >= 15 is 0 Å². The van der Waals surface area contributed by atoms with E-state index in [2.05, 4.69) is 28.5 Å². The van der Waals surface area contributed by atoms with Crippen LogP contribution in [0.3, 0.4) is 0 Å². The van der Waals surface area contributed by atoms with Crippen molar-refractivity contribution in [2.75, 3.05) is 6.54 Å². The van der Waals surface area contributed by atoms with Crippen LogP contribution in [0.2, 0.25) is 0 Å². The molecule has 0 atom stereocenters. The van der Waals surface area contributed by atoms with Crippen molar-refractivity contribution in [1.82, 2.24) is 15.2 Å². The lowest BCUT2D eigenvalue weighted by Crippen LogP contribution is -2.46. The Bertz CT molecular complexity index is 1130. The molecule has 0 bridgehead atoms. The summed E-state index contributed by atoms with van der Waals surface area (Å²) >= 11 is 0. The molecule has 0 radical (unpaired) electrons. The lowest BCUT2D eigenvalue weighted by atomic mass is 9.96. The van der Waals surface area contributed by atoms with Gasteiger partial charge in [-0.2, -0.15) is 0 Å². The molecule has 0 aliphatic heterocycles. The second-order valence-corrected chi connectivity index (χ2v) is 9.05. The van der Waals surface area contributed by atoms with Crippen molar-refractivity contribution in [3.05, 3.63) is 81.1 Å². The molecule has 1 aliphatic carbocycles. The highest BCUT2D eigenvalue weighted by Gasteiger charge is 2.21. The van der Waals surface area contributed by atoms with E-state index in [0.717, 1.165) is 54.1 Å². The number of aromatic nitrogens is 1. The van der Waals surface area contributed by atoms with Gasteiger partial charge in [0.1, 0.15) is 0 Å². The number of amides is 2. The summed E-state index contributed by atoms with van der Waals surface area (Å²) < 4.78 is 0. The summed E-state index contributed by atoms with van der Waals surface area (Å²) in [5.41, 5.74) is 4.72. The molecule has 2 N–H and O–H groups in total. The predicted molar refractivity (Wildman–Crippen MR) is 130 cm³/mol. The molecular weight excluding hydrogens is 398 g/mol. The van der Waals surface area contributed by atoms with Crippen LogP contribution in [0.5, 0.6) is 0 Å². The molecule has 1 aliphatic rings. The van der Waals surface area contributed by atoms with Crippen molar-refractivity contribution in [3.63, 3.8) is 0 Å². The molecule has 32 heavy (non-hydrogen) atoms. The summed E-state index contributed by atoms with van der Waals surface area (Å²) in [6.45, 7) is 4.91. The first-order chi connectivity index (χ1) is 15.5. The van der Waals surface area contributed by atoms with Crippen LogP contribution < -0.4 is 10.9 Å². The Kier molecular flexibility index (Phi) is 6.93. The minimum Gasteiger partial charge on any atom is -0.335 e. The molecule has 168 valence electrons. The third-order valence-electron chi connectivity index (χ3n) is 6.62. The predicted octanol–water partition coefficient (Wildman–Crippen LogP) is 5.23. The van der Waals surface area contributed by atoms with Crippen LogP contribution in [0.1, 0.15) is 54.4 Å². The number of nitrogens with zero attached hydrogens (tertiary/aromatic N) is 1. The van der Waals surface area contributed by atoms with E-state index in [1.807, 2.05) is 44.2 Å². The van der Waals surface area contributed by atoms with E-state index in [9.17, 15) is 9.59 Å². The third kappa shape index (κ3) is 5.21. The van der Waals surface area contributed by atoms with Crippen LogP contribution in [0.25, 0.3) is 10.9 Å². The number of carbonyl (C=O) groups excluding carboxylic acids is 1. The van der Waals surface area contributed by atoms with Gasteiger partial charge in [-0.1, -0.05) is 61.7 Å². The molecule has 3 aromatic rings. The van der Waals surface area contributed by atoms with Gasteiger partial charge in [0.2, 0.25) is 0 Å². The van der Waals surface area contributed by atoms with Gasteiger partial charge in [-0.25, -0.2) is 4.79 Å². The molecule has 1 fully saturated rings. The van der Waals surface area contributed by atoms with E-state index in [1.165, 1.54) is 12.0 Å². The number of H-pyrrole nitrogens is 1. The van der Waals surface area contributed by atoms with Crippen LogP contribution in [0.4, 0.5) is 4.79 Å². The Hall–Kier alpha value is -3.08. The second kappa shape index (κ2) is 10.0. The fourth-order valence-corrected chi connectivity index (χ4v) is 4.62. The molecule has 0 spiro atoms. The maximum absolute atomic E-state index is 13.2. The van der Waals surface area contributed by atoms with Crippen LogP contribution >= 0.6 is 0 Å². The second-order valence-electron chi connectivity index (χ2n) is 9.05. The number of rotatable bonds is 6. The number of hydrogen-bond donors (Lipinski definition) is 2. The molecule has 0 saturated heterocycles. The Morgan fingerprint density at radius 2 is 1.75 bits per heavy atom. The molecule has 2 aromatic carbocycles. The minimum atomic E-state index is -0.124. The molecule has 5 nitrogen and oxygen atoms in total. The van der Waals surface area contributed by atoms with Crippen LogP contribution in [0, 0.1) is 13.8 Å². The van der Waals surface area contributed by atoms with Gasteiger partial charge in [-0.05, 0) is 55.9 Å². The topological polar surface area (TPSA) is 65.2 Å². The number of urea groups is 1. The maximum Gasteiger partial charge on any atom is 0.317 e. The van der Waals surface area contributed by atoms with E-state index in [-0.39, 0.29) is 17.6 Å². The number of benzene rings is 2. The lowest BCUT2D eigenvalue weighted by Gasteiger charge is -2.28. The summed E-state index contributed by atoms with van der Waals surface area (Å²) in [4.78, 5) is 31.0. The molecule has 0 unspecified atom stereocenters. The van der Waals surface area contributed by atoms with E-state index in [0.29, 0.717) is 18.7 Å². The first kappa shape index (κ1) is 22.1. The van der Waals surface area contributed by atoms with E-state index in [1.54, 1.807) is 4.90 Å². The van der Waals surface area contributed by atoms with Crippen LogP contribution in [-0.2, 0) is 13.0 Å². The highest BCUT2D eigenvalue weighted by atomic mass is 16.2. The fourth-order valence-electron chi connectivity index (χ4n) is 4.62. The van der Waals surface area contributed by atoms with Crippen LogP contribution in [0.15, 0.2) is 53.3 Å². The van der Waals surface area contributed by atoms with Gasteiger partial charge in [0, 0.05) is 23.5 Å². The monoisotopic (exact) mass is 431 g/mol. The number of aromatic amines is 1. The summed E-state index contributed by atoms with van der Waals surface area (Å²) in [7, 11) is 0. The summed E-state index contributed by atoms with van der Waals surface area (Å²) in [6, 6.07) is 16.4. The zero-order valence-electron chi connectivity index (χ0n) is 19.1. The van der Waals surface area contributed by atoms with Gasteiger partial charge in [-0.15, -0.1) is 0 Å². The number of fused-ring (bicyclic) bond motifs is 1. The fraction of sp³-hybridized carbons (Fsp3) is 0.407. The molecule has 1 saturated carbocycles. The SMILES string of the molecule is Cc1ccc(C)c2[nH]c(=O)c(CN(CCc3ccccc3)C(=O)NC3CCCCC3)cc12. The smallest absolute Gasteiger partial charge is 0.317 e. The van der Waals surface area contributed by atoms with E-state index < -0.39 is 0 Å². The van der Waals surface area contributed by atoms with Crippen molar-refractivity contribution in [2.45, 2.75) is 65.0 Å². The Morgan fingerprint density at radius 1 is 1.03 bits per heavy atom. The van der Waals surface area contributed by atoms with Gasteiger partial charge in [0.05, 0.1) is 12.1 Å². The first-order valence-corrected chi connectivity index (χ1v) is 11.7. The van der Waals surface area contributed by atoms with Crippen molar-refractivity contribution < 1.29 is 4.79 Å². The number of carbonyl (C=O) groups is 1. The number of nitrogens with one attached hydrogen (secondary N) is 2. The Labute approximate surface area is 189 Å². The molecule has 5 heteroatoms. The normalized spacial score (nSPS) is 14.4. The average Bonchev–Trinajstić information content (AvgIpc) is 2.81. The van der Waals surface area contributed by atoms with Crippen molar-refractivity contribution in [3.8, 4) is 0 Å². The number of pyridine rings is 1. The van der Waals surface area contributed by atoms with Crippen molar-refractivity contribution in [1.29, 1.82) is 0 Å². The highest BCUT2D eigenvalue weighted by Crippen LogP contribution is 2.21. The minimum absolute atomic E-state index is 0.0757. The van der Waals surface area contributed by atoms with Gasteiger partial charge in [-0.3, -0.25) is 4.79 Å². The third-order valence-corrected chi connectivity index (χ3v) is 6.62. The molecule has 2 amide bonds. The highest BCUT2D eigenvalue weighted by molar-refractivity contribution is 5.85. The van der Waals surface area contributed by atoms with Gasteiger partial charge in [0.25, 0.3) is 5.56 Å². The van der Waals surface area contributed by atoms with Crippen LogP contribution in [-0.4, -0.2) is 28.5 Å². The standard InChI is InChI=1S/C27H33N3O2/c1-19-13-14-20(2)25-24(19)17-22(26(31)29-25)18-30(16-15-21-9-5-3-6-10-21)27(32)28-23-11-7-4-8-12-23/h3,5-6,9-10,13-14,17,23H,4,7-8,11-12,15-16,18H2,1-2H3,(H,28,32)(H,29,31). The average molecular weight is 432 g/mol. The lowest BCUT2D eigenvalue weighted by molar-refractivity contribution is 0.187. The van der Waals surface area contributed by atoms with Crippen molar-refractivity contribution in [2.24, 2.45) is 0 Å². The summed E-state index contributed by atoms with van der Waals surface area (Å²) in [6.07, 6.45) is 6.40. The summed E-state index contributed by atoms with van der Waals surface area (Å²) in [5, 5.41) is 4.26. The number of aryl methyl sites for hydroxylation is 2. The van der Waals surface area contributed by atoms with Gasteiger partial charge >= 0.3 is 6.03 Å². The maximum atomic E-state index is 13.2.